The van der Waals surface area contributed by atoms with Crippen LogP contribution in [-0.4, -0.2) is 69.2 Å². The van der Waals surface area contributed by atoms with E-state index in [4.69, 9.17) is 14.2 Å². The molecule has 6 heteroatoms. The summed E-state index contributed by atoms with van der Waals surface area (Å²) in [6.45, 7) is 6.36. The highest BCUT2D eigenvalue weighted by atomic mass is 16.7. The van der Waals surface area contributed by atoms with Crippen LogP contribution in [0, 0.1) is 0 Å². The largest absolute Gasteiger partial charge is 0.378 e. The summed E-state index contributed by atoms with van der Waals surface area (Å²) in [7, 11) is 0. The van der Waals surface area contributed by atoms with E-state index in [-0.39, 0.29) is 18.1 Å². The minimum atomic E-state index is -0.172. The molecule has 2 fully saturated rings. The van der Waals surface area contributed by atoms with Crippen molar-refractivity contribution in [2.24, 2.45) is 0 Å². The highest BCUT2D eigenvalue weighted by Crippen LogP contribution is 2.06. The van der Waals surface area contributed by atoms with Crippen LogP contribution in [-0.2, 0) is 19.0 Å². The molecular formula is C12H22N2O4. The Hall–Kier alpha value is -0.690. The van der Waals surface area contributed by atoms with Gasteiger partial charge in [0, 0.05) is 19.6 Å². The topological polar surface area (TPSA) is 60.0 Å². The lowest BCUT2D eigenvalue weighted by atomic mass is 10.2. The third kappa shape index (κ3) is 3.91. The molecule has 2 atom stereocenters. The van der Waals surface area contributed by atoms with Gasteiger partial charge in [-0.05, 0) is 13.3 Å². The molecule has 0 bridgehead atoms. The van der Waals surface area contributed by atoms with Crippen LogP contribution >= 0.6 is 0 Å². The number of morpholine rings is 1. The van der Waals surface area contributed by atoms with Crippen LogP contribution in [0.5, 0.6) is 0 Å². The second-order valence-electron chi connectivity index (χ2n) is 4.67. The monoisotopic (exact) mass is 258 g/mol. The first-order valence-corrected chi connectivity index (χ1v) is 6.56. The first-order chi connectivity index (χ1) is 8.77. The van der Waals surface area contributed by atoms with Crippen LogP contribution in [0.1, 0.15) is 13.3 Å². The predicted octanol–water partition coefficient (Wildman–Crippen LogP) is -0.414. The molecule has 0 aromatic rings. The lowest BCUT2D eigenvalue weighted by Crippen LogP contribution is -2.50. The van der Waals surface area contributed by atoms with Crippen molar-refractivity contribution in [2.45, 2.75) is 25.5 Å². The molecule has 0 spiro atoms. The first kappa shape index (κ1) is 13.7. The van der Waals surface area contributed by atoms with E-state index in [1.54, 1.807) is 0 Å². The van der Waals surface area contributed by atoms with Crippen molar-refractivity contribution < 1.29 is 19.0 Å². The number of carbonyl (C=O) groups is 1. The van der Waals surface area contributed by atoms with Gasteiger partial charge in [0.25, 0.3) is 0 Å². The van der Waals surface area contributed by atoms with Gasteiger partial charge in [0.2, 0.25) is 5.91 Å². The fourth-order valence-electron chi connectivity index (χ4n) is 2.12. The van der Waals surface area contributed by atoms with Crippen molar-refractivity contribution >= 4 is 5.91 Å². The molecule has 0 saturated carbocycles. The number of ether oxygens (including phenoxy) is 3. The molecule has 2 rings (SSSR count). The molecule has 6 nitrogen and oxygen atoms in total. The zero-order chi connectivity index (χ0) is 12.8. The Labute approximate surface area is 108 Å². The number of nitrogens with zero attached hydrogens (tertiary/aromatic N) is 1. The Morgan fingerprint density at radius 1 is 1.33 bits per heavy atom. The maximum atomic E-state index is 12.1. The lowest BCUT2D eigenvalue weighted by molar-refractivity contribution is -0.142. The third-order valence-electron chi connectivity index (χ3n) is 3.32. The van der Waals surface area contributed by atoms with E-state index in [0.717, 1.165) is 13.0 Å². The SMILES string of the molecule is CC(NCC1CCOCO1)C(=O)N1CCOCC1. The molecule has 0 aromatic heterocycles. The van der Waals surface area contributed by atoms with Crippen molar-refractivity contribution in [1.29, 1.82) is 0 Å². The molecule has 2 saturated heterocycles. The maximum Gasteiger partial charge on any atom is 0.239 e. The quantitative estimate of drug-likeness (QED) is 0.742. The molecule has 18 heavy (non-hydrogen) atoms. The summed E-state index contributed by atoms with van der Waals surface area (Å²) in [5, 5.41) is 3.24. The zero-order valence-electron chi connectivity index (χ0n) is 10.9. The first-order valence-electron chi connectivity index (χ1n) is 6.56. The molecule has 0 aliphatic carbocycles. The van der Waals surface area contributed by atoms with Gasteiger partial charge in [0.05, 0.1) is 32.0 Å². The Bertz CT molecular complexity index is 263. The molecule has 2 heterocycles. The van der Waals surface area contributed by atoms with E-state index < -0.39 is 0 Å². The summed E-state index contributed by atoms with van der Waals surface area (Å²) in [6.07, 6.45) is 1.03. The molecule has 2 aliphatic heterocycles. The molecule has 104 valence electrons. The number of amides is 1. The summed E-state index contributed by atoms with van der Waals surface area (Å²) in [6, 6.07) is -0.172. The standard InChI is InChI=1S/C12H22N2O4/c1-10(12(15)14-3-6-16-7-4-14)13-8-11-2-5-17-9-18-11/h10-11,13H,2-9H2,1H3. The number of hydrogen-bond acceptors (Lipinski definition) is 5. The number of nitrogens with one attached hydrogen (secondary N) is 1. The molecule has 0 aromatic carbocycles. The van der Waals surface area contributed by atoms with E-state index in [9.17, 15) is 4.79 Å². The highest BCUT2D eigenvalue weighted by molar-refractivity contribution is 5.81. The number of rotatable bonds is 4. The lowest BCUT2D eigenvalue weighted by Gasteiger charge is -2.30. The van der Waals surface area contributed by atoms with Crippen molar-refractivity contribution in [3.05, 3.63) is 0 Å². The molecule has 1 amide bonds. The van der Waals surface area contributed by atoms with Gasteiger partial charge in [0.1, 0.15) is 6.79 Å². The Balaban J connectivity index is 1.69. The van der Waals surface area contributed by atoms with Gasteiger partial charge in [-0.15, -0.1) is 0 Å². The minimum Gasteiger partial charge on any atom is -0.378 e. The third-order valence-corrected chi connectivity index (χ3v) is 3.32. The van der Waals surface area contributed by atoms with Crippen molar-refractivity contribution in [2.75, 3.05) is 46.2 Å². The molecule has 2 unspecified atom stereocenters. The second kappa shape index (κ2) is 7.04. The van der Waals surface area contributed by atoms with Crippen LogP contribution in [0.3, 0.4) is 0 Å². The molecule has 0 radical (unpaired) electrons. The van der Waals surface area contributed by atoms with Gasteiger partial charge in [-0.3, -0.25) is 4.79 Å². The van der Waals surface area contributed by atoms with Gasteiger partial charge >= 0.3 is 0 Å². The molecular weight excluding hydrogens is 236 g/mol. The van der Waals surface area contributed by atoms with E-state index in [0.29, 0.717) is 39.6 Å². The van der Waals surface area contributed by atoms with Crippen molar-refractivity contribution in [3.63, 3.8) is 0 Å². The fraction of sp³-hybridized carbons (Fsp3) is 0.917. The van der Waals surface area contributed by atoms with E-state index in [1.807, 2.05) is 11.8 Å². The molecule has 2 aliphatic rings. The summed E-state index contributed by atoms with van der Waals surface area (Å²) >= 11 is 0. The summed E-state index contributed by atoms with van der Waals surface area (Å²) < 4.78 is 15.8. The van der Waals surface area contributed by atoms with E-state index >= 15 is 0 Å². The van der Waals surface area contributed by atoms with Gasteiger partial charge in [-0.25, -0.2) is 0 Å². The average Bonchev–Trinajstić information content (AvgIpc) is 2.46. The van der Waals surface area contributed by atoms with E-state index in [2.05, 4.69) is 5.32 Å². The van der Waals surface area contributed by atoms with Crippen LogP contribution in [0.4, 0.5) is 0 Å². The minimum absolute atomic E-state index is 0.144. The summed E-state index contributed by atoms with van der Waals surface area (Å²) in [5.41, 5.74) is 0. The van der Waals surface area contributed by atoms with Crippen molar-refractivity contribution in [3.8, 4) is 0 Å². The summed E-state index contributed by atoms with van der Waals surface area (Å²) in [5.74, 6) is 0.144. The fourth-order valence-corrected chi connectivity index (χ4v) is 2.12. The number of hydrogen-bond donors (Lipinski definition) is 1. The average molecular weight is 258 g/mol. The van der Waals surface area contributed by atoms with Gasteiger partial charge < -0.3 is 24.4 Å². The van der Waals surface area contributed by atoms with Crippen LogP contribution in [0.2, 0.25) is 0 Å². The Kier molecular flexibility index (Phi) is 5.37. The second-order valence-corrected chi connectivity index (χ2v) is 4.67. The number of carbonyl (C=O) groups excluding carboxylic acids is 1. The van der Waals surface area contributed by atoms with Gasteiger partial charge in [-0.1, -0.05) is 0 Å². The smallest absolute Gasteiger partial charge is 0.239 e. The highest BCUT2D eigenvalue weighted by Gasteiger charge is 2.23. The Morgan fingerprint density at radius 2 is 2.11 bits per heavy atom. The summed E-state index contributed by atoms with van der Waals surface area (Å²) in [4.78, 5) is 14.0. The van der Waals surface area contributed by atoms with Gasteiger partial charge in [0.15, 0.2) is 0 Å². The Morgan fingerprint density at radius 3 is 2.78 bits per heavy atom. The van der Waals surface area contributed by atoms with Crippen molar-refractivity contribution in [1.82, 2.24) is 10.2 Å². The predicted molar refractivity (Wildman–Crippen MR) is 65.2 cm³/mol. The van der Waals surface area contributed by atoms with E-state index in [1.165, 1.54) is 0 Å². The normalized spacial score (nSPS) is 26.9. The van der Waals surface area contributed by atoms with Crippen LogP contribution < -0.4 is 5.32 Å². The van der Waals surface area contributed by atoms with Gasteiger partial charge in [-0.2, -0.15) is 0 Å². The zero-order valence-corrected chi connectivity index (χ0v) is 10.9. The van der Waals surface area contributed by atoms with Crippen LogP contribution in [0.25, 0.3) is 0 Å². The van der Waals surface area contributed by atoms with Crippen LogP contribution in [0.15, 0.2) is 0 Å². The maximum absolute atomic E-state index is 12.1. The molecule has 1 N–H and O–H groups in total.